The van der Waals surface area contributed by atoms with E-state index in [0.717, 1.165) is 6.42 Å². The molecule has 90 valence electrons. The van der Waals surface area contributed by atoms with Gasteiger partial charge in [-0.05, 0) is 12.8 Å². The highest BCUT2D eigenvalue weighted by Gasteiger charge is 2.47. The first kappa shape index (κ1) is 11.2. The van der Waals surface area contributed by atoms with E-state index in [1.165, 1.54) is 12.2 Å². The molecule has 0 aromatic rings. The van der Waals surface area contributed by atoms with E-state index in [4.69, 9.17) is 4.84 Å². The van der Waals surface area contributed by atoms with Crippen LogP contribution < -0.4 is 10.9 Å². The average Bonchev–Trinajstić information content (AvgIpc) is 2.52. The Kier molecular flexibility index (Phi) is 2.97. The quantitative estimate of drug-likeness (QED) is 0.612. The molecule has 0 aromatic carbocycles. The van der Waals surface area contributed by atoms with Crippen LogP contribution in [0.1, 0.15) is 12.8 Å². The number of carbonyl (C=O) groups is 2. The average molecular weight is 228 g/mol. The smallest absolute Gasteiger partial charge is 0.309 e. The lowest BCUT2D eigenvalue weighted by atomic mass is 10.0. The molecule has 0 spiro atoms. The Morgan fingerprint density at radius 1 is 1.50 bits per heavy atom. The Balaban J connectivity index is 2.10. The zero-order valence-corrected chi connectivity index (χ0v) is 9.40. The lowest BCUT2D eigenvalue weighted by molar-refractivity contribution is -0.127. The molecule has 3 amide bonds. The summed E-state index contributed by atoms with van der Waals surface area (Å²) in [6, 6.07) is -0.534. The molecule has 7 nitrogen and oxygen atoms in total. The fraction of sp³-hybridized carbons (Fsp3) is 0.778. The van der Waals surface area contributed by atoms with Crippen LogP contribution in [0.5, 0.6) is 0 Å². The fourth-order valence-corrected chi connectivity index (χ4v) is 2.34. The Morgan fingerprint density at radius 2 is 2.25 bits per heavy atom. The third-order valence-corrected chi connectivity index (χ3v) is 3.07. The van der Waals surface area contributed by atoms with Gasteiger partial charge in [0, 0.05) is 13.6 Å². The van der Waals surface area contributed by atoms with Crippen molar-refractivity contribution in [1.82, 2.24) is 20.8 Å². The summed E-state index contributed by atoms with van der Waals surface area (Å²) in [5, 5.41) is 1.35. The first-order chi connectivity index (χ1) is 7.69. The fourth-order valence-electron chi connectivity index (χ4n) is 2.34. The van der Waals surface area contributed by atoms with Crippen LogP contribution in [-0.4, -0.2) is 54.7 Å². The third kappa shape index (κ3) is 1.61. The summed E-state index contributed by atoms with van der Waals surface area (Å²) in [6.07, 6.45) is 1.46. The summed E-state index contributed by atoms with van der Waals surface area (Å²) >= 11 is 0. The molecule has 0 unspecified atom stereocenters. The molecule has 7 heteroatoms. The number of hydrogen-bond donors (Lipinski definition) is 2. The van der Waals surface area contributed by atoms with Crippen molar-refractivity contribution in [2.45, 2.75) is 24.9 Å². The maximum atomic E-state index is 11.9. The number of hydrogen-bond acceptors (Lipinski definition) is 4. The highest BCUT2D eigenvalue weighted by Crippen LogP contribution is 2.29. The zero-order chi connectivity index (χ0) is 11.7. The van der Waals surface area contributed by atoms with Crippen molar-refractivity contribution < 1.29 is 14.4 Å². The maximum absolute atomic E-state index is 11.9. The number of hydroxylamine groups is 2. The van der Waals surface area contributed by atoms with Crippen LogP contribution in [-0.2, 0) is 9.63 Å². The molecule has 2 fully saturated rings. The number of piperidine rings is 1. The van der Waals surface area contributed by atoms with Crippen LogP contribution in [0.2, 0.25) is 0 Å². The van der Waals surface area contributed by atoms with E-state index < -0.39 is 6.04 Å². The van der Waals surface area contributed by atoms with Gasteiger partial charge in [0.1, 0.15) is 6.04 Å². The van der Waals surface area contributed by atoms with Gasteiger partial charge in [-0.3, -0.25) is 15.1 Å². The summed E-state index contributed by atoms with van der Waals surface area (Å²) in [5.74, 6) is -0.174. The van der Waals surface area contributed by atoms with E-state index in [2.05, 4.69) is 10.9 Å². The van der Waals surface area contributed by atoms with E-state index >= 15 is 0 Å². The number of fused-ring (bicyclic) bond motifs is 2. The van der Waals surface area contributed by atoms with E-state index in [-0.39, 0.29) is 18.0 Å². The van der Waals surface area contributed by atoms with Crippen LogP contribution in [0, 0.1) is 0 Å². The zero-order valence-electron chi connectivity index (χ0n) is 9.40. The van der Waals surface area contributed by atoms with Crippen LogP contribution in [0.15, 0.2) is 0 Å². The van der Waals surface area contributed by atoms with Crippen molar-refractivity contribution in [3.63, 3.8) is 0 Å². The maximum Gasteiger partial charge on any atom is 0.345 e. The number of nitrogens with one attached hydrogen (secondary N) is 2. The monoisotopic (exact) mass is 228 g/mol. The first-order valence-corrected chi connectivity index (χ1v) is 5.29. The van der Waals surface area contributed by atoms with Gasteiger partial charge < -0.3 is 4.90 Å². The van der Waals surface area contributed by atoms with E-state index in [1.54, 1.807) is 11.9 Å². The molecule has 2 saturated heterocycles. The number of rotatable bonds is 3. The molecule has 2 atom stereocenters. The van der Waals surface area contributed by atoms with Crippen molar-refractivity contribution >= 4 is 11.9 Å². The minimum absolute atomic E-state index is 0.0798. The summed E-state index contributed by atoms with van der Waals surface area (Å²) < 4.78 is 0. The molecular formula is C9H16N4O3. The summed E-state index contributed by atoms with van der Waals surface area (Å²) in [6.45, 7) is 0.564. The van der Waals surface area contributed by atoms with Crippen LogP contribution in [0.4, 0.5) is 4.79 Å². The Hall–Kier alpha value is -1.34. The van der Waals surface area contributed by atoms with Gasteiger partial charge in [-0.25, -0.2) is 10.2 Å². The lowest BCUT2D eigenvalue weighted by Gasteiger charge is -2.28. The van der Waals surface area contributed by atoms with Crippen molar-refractivity contribution in [2.75, 3.05) is 20.7 Å². The minimum Gasteiger partial charge on any atom is -0.309 e. The number of carbonyl (C=O) groups excluding carboxylic acids is 2. The molecule has 0 aliphatic carbocycles. The van der Waals surface area contributed by atoms with Gasteiger partial charge in [-0.1, -0.05) is 0 Å². The molecular weight excluding hydrogens is 212 g/mol. The minimum atomic E-state index is -0.392. The van der Waals surface area contributed by atoms with Gasteiger partial charge in [0.15, 0.2) is 0 Å². The summed E-state index contributed by atoms with van der Waals surface area (Å²) in [5.41, 5.74) is 5.09. The standard InChI is InChI=1S/C9H16N4O3/c1-10-11-8(14)7-4-3-6-5-12(7)9(15)13(6)16-2/h6-7,10H,3-5H2,1-2H3,(H,11,14)/t6-,7+/m1/s1. The number of nitrogens with zero attached hydrogens (tertiary/aromatic N) is 2. The van der Waals surface area contributed by atoms with Gasteiger partial charge in [0.2, 0.25) is 0 Å². The van der Waals surface area contributed by atoms with Crippen LogP contribution >= 0.6 is 0 Å². The molecule has 2 heterocycles. The predicted octanol–water partition coefficient (Wildman–Crippen LogP) is -0.933. The van der Waals surface area contributed by atoms with Gasteiger partial charge >= 0.3 is 6.03 Å². The molecule has 2 aliphatic heterocycles. The number of urea groups is 1. The van der Waals surface area contributed by atoms with E-state index in [1.807, 2.05) is 0 Å². The highest BCUT2D eigenvalue weighted by molar-refractivity contribution is 5.88. The Labute approximate surface area is 93.6 Å². The normalized spacial score (nSPS) is 28.5. The lowest BCUT2D eigenvalue weighted by Crippen LogP contribution is -2.52. The topological polar surface area (TPSA) is 73.9 Å². The summed E-state index contributed by atoms with van der Waals surface area (Å²) in [7, 11) is 3.10. The molecule has 2 N–H and O–H groups in total. The largest absolute Gasteiger partial charge is 0.345 e. The van der Waals surface area contributed by atoms with Crippen LogP contribution in [0.3, 0.4) is 0 Å². The van der Waals surface area contributed by atoms with Crippen molar-refractivity contribution in [3.8, 4) is 0 Å². The molecule has 0 aromatic heterocycles. The van der Waals surface area contributed by atoms with Crippen molar-refractivity contribution in [1.29, 1.82) is 0 Å². The van der Waals surface area contributed by atoms with Crippen molar-refractivity contribution in [2.24, 2.45) is 0 Å². The first-order valence-electron chi connectivity index (χ1n) is 5.29. The predicted molar refractivity (Wildman–Crippen MR) is 55.0 cm³/mol. The molecule has 0 saturated carbocycles. The second-order valence-corrected chi connectivity index (χ2v) is 3.93. The van der Waals surface area contributed by atoms with Gasteiger partial charge in [-0.2, -0.15) is 5.06 Å². The SMILES string of the molecule is CNNC(=O)[C@@H]1CC[C@@H]2CN1C(=O)N2OC. The second-order valence-electron chi connectivity index (χ2n) is 3.93. The van der Waals surface area contributed by atoms with Gasteiger partial charge in [-0.15, -0.1) is 0 Å². The van der Waals surface area contributed by atoms with Crippen LogP contribution in [0.25, 0.3) is 0 Å². The molecule has 16 heavy (non-hydrogen) atoms. The second kappa shape index (κ2) is 4.26. The molecule has 2 rings (SSSR count). The van der Waals surface area contributed by atoms with Gasteiger partial charge in [0.05, 0.1) is 13.2 Å². The Bertz CT molecular complexity index is 309. The van der Waals surface area contributed by atoms with E-state index in [9.17, 15) is 9.59 Å². The molecule has 0 radical (unpaired) electrons. The Morgan fingerprint density at radius 3 is 2.88 bits per heavy atom. The van der Waals surface area contributed by atoms with Crippen molar-refractivity contribution in [3.05, 3.63) is 0 Å². The number of amides is 3. The van der Waals surface area contributed by atoms with Gasteiger partial charge in [0.25, 0.3) is 5.91 Å². The van der Waals surface area contributed by atoms with E-state index in [0.29, 0.717) is 13.0 Å². The third-order valence-electron chi connectivity index (χ3n) is 3.07. The number of hydrazine groups is 1. The molecule has 2 aliphatic rings. The molecule has 2 bridgehead atoms. The highest BCUT2D eigenvalue weighted by atomic mass is 16.7. The summed E-state index contributed by atoms with van der Waals surface area (Å²) in [4.78, 5) is 30.1.